The Balaban J connectivity index is 2.69. The molecule has 0 saturated carbocycles. The fourth-order valence-electron chi connectivity index (χ4n) is 3.56. The molecule has 44 heavy (non-hydrogen) atoms. The molecule has 0 amide bonds. The van der Waals surface area contributed by atoms with Crippen LogP contribution in [0.4, 0.5) is 74.6 Å². The van der Waals surface area contributed by atoms with Crippen LogP contribution in [0.2, 0.25) is 0 Å². The summed E-state index contributed by atoms with van der Waals surface area (Å²) in [6.45, 7) is 3.41. The number of fused-ring (bicyclic) bond motifs is 1. The minimum absolute atomic E-state index is 0.0339. The molecule has 0 aliphatic rings. The lowest BCUT2D eigenvalue weighted by atomic mass is 9.91. The summed E-state index contributed by atoms with van der Waals surface area (Å²) in [6, 6.07) is 6.21. The Morgan fingerprint density at radius 3 is 1.36 bits per heavy atom. The fourth-order valence-corrected chi connectivity index (χ4v) is 6.27. The van der Waals surface area contributed by atoms with Crippen molar-refractivity contribution in [2.24, 2.45) is 0 Å². The van der Waals surface area contributed by atoms with E-state index in [0.29, 0.717) is 22.5 Å². The first-order chi connectivity index (χ1) is 19.5. The molecule has 0 aliphatic carbocycles. The summed E-state index contributed by atoms with van der Waals surface area (Å²) in [5.74, 6) is -52.4. The third kappa shape index (κ3) is 5.20. The molecule has 3 nitrogen and oxygen atoms in total. The quantitative estimate of drug-likeness (QED) is 0.126. The topological polar surface area (TPSA) is 43.4 Å². The van der Waals surface area contributed by atoms with Crippen LogP contribution in [0.25, 0.3) is 10.8 Å². The van der Waals surface area contributed by atoms with E-state index in [1.165, 1.54) is 12.1 Å². The van der Waals surface area contributed by atoms with Gasteiger partial charge >= 0.3 is 57.1 Å². The molecule has 0 atom stereocenters. The summed E-state index contributed by atoms with van der Waals surface area (Å²) in [5, 5.41) is -8.20. The van der Waals surface area contributed by atoms with Crippen LogP contribution in [0.15, 0.2) is 41.3 Å². The van der Waals surface area contributed by atoms with Gasteiger partial charge in [-0.15, -0.1) is 0 Å². The number of hydrogen-bond acceptors (Lipinski definition) is 3. The molecule has 0 aliphatic heterocycles. The van der Waals surface area contributed by atoms with Crippen molar-refractivity contribution in [3.8, 4) is 5.75 Å². The number of rotatable bonds is 12. The highest BCUT2D eigenvalue weighted by Gasteiger charge is 2.96. The Bertz CT molecular complexity index is 1470. The van der Waals surface area contributed by atoms with Gasteiger partial charge in [0.15, 0.2) is 10.6 Å². The van der Waals surface area contributed by atoms with E-state index in [1.54, 1.807) is 13.8 Å². The normalized spacial score (nSPS) is 15.3. The summed E-state index contributed by atoms with van der Waals surface area (Å²) >= 11 is 0. The lowest BCUT2D eigenvalue weighted by Crippen LogP contribution is -2.75. The molecule has 252 valence electrons. The first kappa shape index (κ1) is 37.8. The summed E-state index contributed by atoms with van der Waals surface area (Å²) in [5.41, 5.74) is 0. The van der Waals surface area contributed by atoms with Gasteiger partial charge in [-0.1, -0.05) is 18.2 Å². The van der Waals surface area contributed by atoms with Crippen LogP contribution in [-0.2, 0) is 21.0 Å². The van der Waals surface area contributed by atoms with Crippen molar-refractivity contribution >= 4 is 31.8 Å². The molecule has 0 bridgehead atoms. The largest absolute Gasteiger partial charge is 0.460 e. The van der Waals surface area contributed by atoms with E-state index >= 15 is 0 Å². The molecule has 0 N–H and O–H groups in total. The molecule has 0 aromatic heterocycles. The number of alkyl halides is 17. The van der Waals surface area contributed by atoms with Crippen LogP contribution in [0.3, 0.4) is 0 Å². The van der Waals surface area contributed by atoms with Crippen molar-refractivity contribution in [1.29, 1.82) is 0 Å². The molecule has 0 heterocycles. The Labute approximate surface area is 238 Å². The van der Waals surface area contributed by atoms with Gasteiger partial charge in [-0.3, -0.25) is 0 Å². The fraction of sp³-hybridized carbons (Fsp3) is 0.545. The monoisotopic (exact) mass is 715 g/mol. The second kappa shape index (κ2) is 11.1. The Hall–Kier alpha value is -2.39. The van der Waals surface area contributed by atoms with Gasteiger partial charge in [-0.05, 0) is 32.0 Å². The number of hydrogen-bond donors (Lipinski definition) is 0. The van der Waals surface area contributed by atoms with Crippen LogP contribution in [0.1, 0.15) is 13.8 Å². The van der Waals surface area contributed by atoms with Crippen LogP contribution >= 0.6 is 0 Å². The molecule has 0 radical (unpaired) electrons. The van der Waals surface area contributed by atoms with Crippen LogP contribution in [0.5, 0.6) is 5.75 Å². The van der Waals surface area contributed by atoms with E-state index in [2.05, 4.69) is 4.18 Å². The molecule has 2 rings (SSSR count). The molecule has 0 unspecified atom stereocenters. The Kier molecular flexibility index (Phi) is 9.57. The second-order valence-electron chi connectivity index (χ2n) is 8.68. The minimum Gasteiger partial charge on any atom is -0.377 e. The standard InChI is InChI=1S/C22H16F17O3S2/c1-3-43(4-2)14-10-9-13(11-7-5-6-8-12(11)14)42-44(40,41)22(38,39)20(33,34)18(29,30)16(25,26)15(23,24)17(27,28)19(31,32)21(35,36)37/h5-10H,3-4H2,1-2H3/q+1. The average molecular weight is 715 g/mol. The van der Waals surface area contributed by atoms with Crippen LogP contribution in [-0.4, -0.2) is 66.9 Å². The predicted molar refractivity (Wildman–Crippen MR) is 121 cm³/mol. The third-order valence-corrected chi connectivity index (χ3v) is 9.71. The summed E-state index contributed by atoms with van der Waals surface area (Å²) in [4.78, 5) is 0.428. The van der Waals surface area contributed by atoms with Gasteiger partial charge < -0.3 is 4.18 Å². The van der Waals surface area contributed by atoms with Gasteiger partial charge in [0.2, 0.25) is 0 Å². The van der Waals surface area contributed by atoms with E-state index in [-0.39, 0.29) is 5.39 Å². The van der Waals surface area contributed by atoms with E-state index in [4.69, 9.17) is 0 Å². The first-order valence-electron chi connectivity index (χ1n) is 11.3. The smallest absolute Gasteiger partial charge is 0.377 e. The average Bonchev–Trinajstić information content (AvgIpc) is 2.88. The number of benzene rings is 2. The van der Waals surface area contributed by atoms with E-state index in [0.717, 1.165) is 18.2 Å². The lowest BCUT2D eigenvalue weighted by Gasteiger charge is -2.42. The highest BCUT2D eigenvalue weighted by molar-refractivity contribution is 7.97. The molecule has 2 aromatic carbocycles. The zero-order valence-corrected chi connectivity index (χ0v) is 23.0. The summed E-state index contributed by atoms with van der Waals surface area (Å²) in [6.07, 6.45) is -7.90. The number of halogens is 17. The van der Waals surface area contributed by atoms with Gasteiger partial charge in [0.1, 0.15) is 11.5 Å². The second-order valence-corrected chi connectivity index (χ2v) is 12.8. The van der Waals surface area contributed by atoms with Gasteiger partial charge in [-0.25, -0.2) is 0 Å². The molecular weight excluding hydrogens is 699 g/mol. The van der Waals surface area contributed by atoms with Gasteiger partial charge in [0.05, 0.1) is 0 Å². The minimum atomic E-state index is -8.91. The van der Waals surface area contributed by atoms with E-state index in [1.807, 2.05) is 0 Å². The van der Waals surface area contributed by atoms with Crippen LogP contribution < -0.4 is 4.18 Å². The first-order valence-corrected chi connectivity index (χ1v) is 14.3. The Morgan fingerprint density at radius 1 is 0.568 bits per heavy atom. The molecular formula is C22H16F17O3S2+. The third-order valence-electron chi connectivity index (χ3n) is 6.06. The van der Waals surface area contributed by atoms with E-state index < -0.39 is 79.1 Å². The lowest BCUT2D eigenvalue weighted by molar-refractivity contribution is -0.458. The zero-order valence-electron chi connectivity index (χ0n) is 21.3. The van der Waals surface area contributed by atoms with Crippen molar-refractivity contribution in [1.82, 2.24) is 0 Å². The van der Waals surface area contributed by atoms with Crippen molar-refractivity contribution < 1.29 is 87.2 Å². The van der Waals surface area contributed by atoms with Gasteiger partial charge in [-0.2, -0.15) is 83.1 Å². The molecule has 0 fully saturated rings. The highest BCUT2D eigenvalue weighted by atomic mass is 32.2. The molecule has 0 spiro atoms. The predicted octanol–water partition coefficient (Wildman–Crippen LogP) is 8.53. The maximum absolute atomic E-state index is 14.5. The maximum atomic E-state index is 14.5. The Morgan fingerprint density at radius 2 is 0.955 bits per heavy atom. The van der Waals surface area contributed by atoms with Gasteiger partial charge in [0, 0.05) is 21.7 Å². The van der Waals surface area contributed by atoms with E-state index in [9.17, 15) is 83.1 Å². The highest BCUT2D eigenvalue weighted by Crippen LogP contribution is 2.64. The molecule has 2 aromatic rings. The van der Waals surface area contributed by atoms with Crippen molar-refractivity contribution in [3.05, 3.63) is 36.4 Å². The van der Waals surface area contributed by atoms with Gasteiger partial charge in [0.25, 0.3) is 0 Å². The van der Waals surface area contributed by atoms with Crippen molar-refractivity contribution in [2.75, 3.05) is 11.5 Å². The van der Waals surface area contributed by atoms with Crippen LogP contribution in [0, 0.1) is 0 Å². The summed E-state index contributed by atoms with van der Waals surface area (Å²) in [7, 11) is -8.34. The zero-order chi connectivity index (χ0) is 34.8. The maximum Gasteiger partial charge on any atom is 0.460 e. The summed E-state index contributed by atoms with van der Waals surface area (Å²) < 4.78 is 258. The molecule has 0 saturated heterocycles. The van der Waals surface area contributed by atoms with Crippen molar-refractivity contribution in [2.45, 2.75) is 65.7 Å². The van der Waals surface area contributed by atoms with Crippen molar-refractivity contribution in [3.63, 3.8) is 0 Å². The molecule has 22 heteroatoms. The SMILES string of the molecule is CC[S+](CC)c1ccc(OS(=O)(=O)C(F)(F)C(F)(F)C(F)(F)C(F)(F)C(F)(F)C(F)(F)C(F)(F)C(F)(F)F)c2ccccc12.